The van der Waals surface area contributed by atoms with Crippen LogP contribution in [-0.4, -0.2) is 57.2 Å². The lowest BCUT2D eigenvalue weighted by molar-refractivity contribution is -0.144. The second-order valence-corrected chi connectivity index (χ2v) is 7.25. The number of nitrogens with zero attached hydrogens (tertiary/aromatic N) is 3. The first-order valence-electron chi connectivity index (χ1n) is 8.90. The summed E-state index contributed by atoms with van der Waals surface area (Å²) in [5.74, 6) is 0.0660. The summed E-state index contributed by atoms with van der Waals surface area (Å²) in [6, 6.07) is 7.10. The zero-order valence-corrected chi connectivity index (χ0v) is 14.6. The van der Waals surface area contributed by atoms with Crippen LogP contribution in [0.1, 0.15) is 43.7 Å². The van der Waals surface area contributed by atoms with E-state index in [1.165, 1.54) is 0 Å². The van der Waals surface area contributed by atoms with Crippen LogP contribution < -0.4 is 0 Å². The molecule has 25 heavy (non-hydrogen) atoms. The first-order valence-corrected chi connectivity index (χ1v) is 8.90. The van der Waals surface area contributed by atoms with Crippen LogP contribution in [0.4, 0.5) is 0 Å². The SMILES string of the molecule is CCC(O)CC(=O)N1CCCC12CN(Cc1ccc(O)c(C#N)c1)C2. The summed E-state index contributed by atoms with van der Waals surface area (Å²) in [5, 5.41) is 28.4. The number of hydrogen-bond donors (Lipinski definition) is 2. The lowest BCUT2D eigenvalue weighted by Crippen LogP contribution is -2.68. The first kappa shape index (κ1) is 17.7. The van der Waals surface area contributed by atoms with E-state index >= 15 is 0 Å². The van der Waals surface area contributed by atoms with Crippen molar-refractivity contribution in [1.29, 1.82) is 5.26 Å². The number of nitriles is 1. The average Bonchev–Trinajstić information content (AvgIpc) is 3.01. The van der Waals surface area contributed by atoms with Crippen molar-refractivity contribution < 1.29 is 15.0 Å². The number of phenols is 1. The van der Waals surface area contributed by atoms with Crippen LogP contribution in [0.2, 0.25) is 0 Å². The molecule has 1 aromatic carbocycles. The number of aliphatic hydroxyl groups excluding tert-OH is 1. The van der Waals surface area contributed by atoms with Crippen molar-refractivity contribution in [2.75, 3.05) is 19.6 Å². The Kier molecular flexibility index (Phi) is 4.98. The van der Waals surface area contributed by atoms with Crippen LogP contribution >= 0.6 is 0 Å². The van der Waals surface area contributed by atoms with E-state index in [1.807, 2.05) is 24.0 Å². The predicted octanol–water partition coefficient (Wildman–Crippen LogP) is 1.60. The zero-order chi connectivity index (χ0) is 18.0. The van der Waals surface area contributed by atoms with Crippen LogP contribution in [0.5, 0.6) is 5.75 Å². The van der Waals surface area contributed by atoms with Gasteiger partial charge in [-0.3, -0.25) is 9.69 Å². The molecule has 1 atom stereocenters. The third-order valence-corrected chi connectivity index (χ3v) is 5.40. The van der Waals surface area contributed by atoms with Crippen molar-refractivity contribution in [3.8, 4) is 11.8 Å². The summed E-state index contributed by atoms with van der Waals surface area (Å²) in [6.45, 7) is 5.01. The lowest BCUT2D eigenvalue weighted by atomic mass is 9.86. The molecule has 1 spiro atoms. The van der Waals surface area contributed by atoms with Gasteiger partial charge in [0.05, 0.1) is 23.6 Å². The van der Waals surface area contributed by atoms with Gasteiger partial charge in [-0.25, -0.2) is 0 Å². The van der Waals surface area contributed by atoms with Gasteiger partial charge in [0, 0.05) is 26.2 Å². The van der Waals surface area contributed by atoms with Crippen molar-refractivity contribution >= 4 is 5.91 Å². The Labute approximate surface area is 148 Å². The van der Waals surface area contributed by atoms with Crippen molar-refractivity contribution in [2.24, 2.45) is 0 Å². The number of carbonyl (C=O) groups is 1. The summed E-state index contributed by atoms with van der Waals surface area (Å²) >= 11 is 0. The third kappa shape index (κ3) is 3.48. The number of benzene rings is 1. The third-order valence-electron chi connectivity index (χ3n) is 5.40. The Morgan fingerprint density at radius 2 is 2.20 bits per heavy atom. The molecule has 2 N–H and O–H groups in total. The molecule has 0 aliphatic carbocycles. The molecule has 0 radical (unpaired) electrons. The van der Waals surface area contributed by atoms with E-state index in [2.05, 4.69) is 4.90 Å². The van der Waals surface area contributed by atoms with Crippen LogP contribution in [0.3, 0.4) is 0 Å². The van der Waals surface area contributed by atoms with Gasteiger partial charge in [0.25, 0.3) is 0 Å². The minimum atomic E-state index is -0.553. The highest BCUT2D eigenvalue weighted by atomic mass is 16.3. The van der Waals surface area contributed by atoms with Crippen molar-refractivity contribution in [3.63, 3.8) is 0 Å². The molecule has 2 saturated heterocycles. The molecular weight excluding hydrogens is 318 g/mol. The fourth-order valence-corrected chi connectivity index (χ4v) is 4.04. The summed E-state index contributed by atoms with van der Waals surface area (Å²) in [7, 11) is 0. The Bertz CT molecular complexity index is 692. The number of amides is 1. The largest absolute Gasteiger partial charge is 0.507 e. The maximum atomic E-state index is 12.5. The van der Waals surface area contributed by atoms with Gasteiger partial charge in [0.15, 0.2) is 0 Å². The topological polar surface area (TPSA) is 87.8 Å². The highest BCUT2D eigenvalue weighted by Gasteiger charge is 2.51. The minimum Gasteiger partial charge on any atom is -0.507 e. The number of hydrogen-bond acceptors (Lipinski definition) is 5. The molecule has 0 saturated carbocycles. The van der Waals surface area contributed by atoms with E-state index in [0.717, 1.165) is 38.0 Å². The monoisotopic (exact) mass is 343 g/mol. The molecule has 1 unspecified atom stereocenters. The van der Waals surface area contributed by atoms with E-state index in [4.69, 9.17) is 5.26 Å². The summed E-state index contributed by atoms with van der Waals surface area (Å²) in [4.78, 5) is 16.7. The van der Waals surface area contributed by atoms with E-state index < -0.39 is 6.10 Å². The zero-order valence-electron chi connectivity index (χ0n) is 14.6. The van der Waals surface area contributed by atoms with Crippen LogP contribution in [0, 0.1) is 11.3 Å². The number of likely N-dealkylation sites (tertiary alicyclic amines) is 2. The number of aliphatic hydroxyl groups is 1. The Morgan fingerprint density at radius 3 is 2.88 bits per heavy atom. The van der Waals surface area contributed by atoms with E-state index in [1.54, 1.807) is 12.1 Å². The summed E-state index contributed by atoms with van der Waals surface area (Å²) in [6.07, 6.45) is 2.28. The normalized spacial score (nSPS) is 20.3. The second-order valence-electron chi connectivity index (χ2n) is 7.25. The summed E-state index contributed by atoms with van der Waals surface area (Å²) < 4.78 is 0. The second kappa shape index (κ2) is 7.03. The van der Waals surface area contributed by atoms with E-state index in [-0.39, 0.29) is 23.6 Å². The molecule has 1 amide bonds. The van der Waals surface area contributed by atoms with E-state index in [0.29, 0.717) is 18.5 Å². The minimum absolute atomic E-state index is 0.00776. The highest BCUT2D eigenvalue weighted by Crippen LogP contribution is 2.39. The Hall–Kier alpha value is -2.10. The average molecular weight is 343 g/mol. The molecule has 0 bridgehead atoms. The van der Waals surface area contributed by atoms with Crippen molar-refractivity contribution in [1.82, 2.24) is 9.80 Å². The van der Waals surface area contributed by atoms with Gasteiger partial charge in [-0.05, 0) is 37.0 Å². The quantitative estimate of drug-likeness (QED) is 0.848. The molecule has 6 nitrogen and oxygen atoms in total. The fourth-order valence-electron chi connectivity index (χ4n) is 4.04. The molecule has 2 heterocycles. The van der Waals surface area contributed by atoms with Crippen LogP contribution in [0.25, 0.3) is 0 Å². The number of aromatic hydroxyl groups is 1. The lowest BCUT2D eigenvalue weighted by Gasteiger charge is -2.53. The van der Waals surface area contributed by atoms with Crippen LogP contribution in [-0.2, 0) is 11.3 Å². The molecule has 3 rings (SSSR count). The van der Waals surface area contributed by atoms with Gasteiger partial charge >= 0.3 is 0 Å². The molecule has 1 aromatic rings. The Morgan fingerprint density at radius 1 is 1.44 bits per heavy atom. The van der Waals surface area contributed by atoms with Gasteiger partial charge in [-0.1, -0.05) is 13.0 Å². The number of carbonyl (C=O) groups excluding carboxylic acids is 1. The molecular formula is C19H25N3O3. The first-order chi connectivity index (χ1) is 12.0. The van der Waals surface area contributed by atoms with Gasteiger partial charge in [-0.15, -0.1) is 0 Å². The molecule has 0 aromatic heterocycles. The van der Waals surface area contributed by atoms with Gasteiger partial charge in [0.1, 0.15) is 11.8 Å². The van der Waals surface area contributed by atoms with Gasteiger partial charge in [0.2, 0.25) is 5.91 Å². The molecule has 2 aliphatic heterocycles. The molecule has 2 fully saturated rings. The fraction of sp³-hybridized carbons (Fsp3) is 0.579. The number of rotatable bonds is 5. The summed E-state index contributed by atoms with van der Waals surface area (Å²) in [5.41, 5.74) is 1.19. The van der Waals surface area contributed by atoms with E-state index in [9.17, 15) is 15.0 Å². The maximum Gasteiger partial charge on any atom is 0.225 e. The smallest absolute Gasteiger partial charge is 0.225 e. The molecule has 2 aliphatic rings. The Balaban J connectivity index is 1.60. The van der Waals surface area contributed by atoms with Crippen molar-refractivity contribution in [2.45, 2.75) is 50.8 Å². The highest BCUT2D eigenvalue weighted by molar-refractivity contribution is 5.78. The number of phenolic OH excluding ortho intramolecular Hbond substituents is 1. The van der Waals surface area contributed by atoms with Gasteiger partial charge in [-0.2, -0.15) is 5.26 Å². The molecule has 6 heteroatoms. The molecule has 134 valence electrons. The van der Waals surface area contributed by atoms with Crippen LogP contribution in [0.15, 0.2) is 18.2 Å². The predicted molar refractivity (Wildman–Crippen MR) is 92.7 cm³/mol. The maximum absolute atomic E-state index is 12.5. The standard InChI is InChI=1S/C19H25N3O3/c1-2-16(23)9-18(25)22-7-3-6-19(22)12-21(13-19)11-14-4-5-17(24)15(8-14)10-20/h4-5,8,16,23-24H,2-3,6-7,9,11-13H2,1H3. The van der Waals surface area contributed by atoms with Crippen molar-refractivity contribution in [3.05, 3.63) is 29.3 Å². The van der Waals surface area contributed by atoms with Gasteiger partial charge < -0.3 is 15.1 Å².